The Morgan fingerprint density at radius 3 is 1.92 bits per heavy atom. The van der Waals surface area contributed by atoms with Crippen LogP contribution >= 0.6 is 12.4 Å². The molecule has 0 radical (unpaired) electrons. The lowest BCUT2D eigenvalue weighted by Gasteiger charge is -2.27. The van der Waals surface area contributed by atoms with Crippen molar-refractivity contribution >= 4 is 18.3 Å². The predicted octanol–water partition coefficient (Wildman–Crippen LogP) is 1.31. The van der Waals surface area contributed by atoms with E-state index >= 15 is 0 Å². The zero-order valence-electron chi connectivity index (χ0n) is 8.13. The van der Waals surface area contributed by atoms with Crippen molar-refractivity contribution in [3.63, 3.8) is 0 Å². The molecule has 0 saturated carbocycles. The van der Waals surface area contributed by atoms with E-state index in [4.69, 9.17) is 0 Å². The molecule has 1 amide bonds. The van der Waals surface area contributed by atoms with Gasteiger partial charge in [0.05, 0.1) is 0 Å². The van der Waals surface area contributed by atoms with Crippen LogP contribution in [0.25, 0.3) is 0 Å². The molecule has 4 heteroatoms. The van der Waals surface area contributed by atoms with Crippen LogP contribution in [0.2, 0.25) is 0 Å². The molecule has 0 aromatic carbocycles. The van der Waals surface area contributed by atoms with E-state index in [2.05, 4.69) is 6.58 Å². The smallest absolute Gasteiger partial charge is 0.263 e. The summed E-state index contributed by atoms with van der Waals surface area (Å²) in [5.74, 6) is -0.0162. The number of nitrogens with zero attached hydrogens (tertiary/aromatic N) is 2. The average molecular weight is 193 g/mol. The minimum absolute atomic E-state index is 0. The first kappa shape index (κ1) is 14.0. The molecule has 0 N–H and O–H groups in total. The third kappa shape index (κ3) is 3.74. The fourth-order valence-corrected chi connectivity index (χ4v) is 0.828. The van der Waals surface area contributed by atoms with Crippen molar-refractivity contribution in [2.24, 2.45) is 0 Å². The number of amides is 1. The molecule has 0 aliphatic heterocycles. The molecular formula is C8H17ClN2O. The molecule has 12 heavy (non-hydrogen) atoms. The Bertz CT molecular complexity index is 168. The van der Waals surface area contributed by atoms with Crippen LogP contribution in [0.5, 0.6) is 0 Å². The average Bonchev–Trinajstić information content (AvgIpc) is 1.88. The first-order valence-corrected chi connectivity index (χ1v) is 3.65. The minimum atomic E-state index is -0.0162. The van der Waals surface area contributed by atoms with Crippen molar-refractivity contribution in [2.45, 2.75) is 13.8 Å². The standard InChI is InChI=1S/C8H16N2O.ClH/c1-6-10(9(4)5)8(11)7(2)3;/h2,6H2,1,3-5H3;1H. The van der Waals surface area contributed by atoms with Gasteiger partial charge in [0, 0.05) is 26.2 Å². The largest absolute Gasteiger partial charge is 0.272 e. The van der Waals surface area contributed by atoms with Gasteiger partial charge < -0.3 is 0 Å². The van der Waals surface area contributed by atoms with E-state index < -0.39 is 0 Å². The zero-order valence-corrected chi connectivity index (χ0v) is 8.94. The number of hydrogen-bond donors (Lipinski definition) is 0. The minimum Gasteiger partial charge on any atom is -0.272 e. The predicted molar refractivity (Wildman–Crippen MR) is 53.1 cm³/mol. The Balaban J connectivity index is 0. The number of carbonyl (C=O) groups is 1. The summed E-state index contributed by atoms with van der Waals surface area (Å²) < 4.78 is 0. The fraction of sp³-hybridized carbons (Fsp3) is 0.625. The van der Waals surface area contributed by atoms with E-state index in [0.717, 1.165) is 0 Å². The molecule has 0 rings (SSSR count). The van der Waals surface area contributed by atoms with Crippen molar-refractivity contribution < 1.29 is 4.79 Å². The van der Waals surface area contributed by atoms with Crippen LogP contribution in [0, 0.1) is 0 Å². The molecular weight excluding hydrogens is 176 g/mol. The van der Waals surface area contributed by atoms with Gasteiger partial charge in [-0.1, -0.05) is 6.58 Å². The monoisotopic (exact) mass is 192 g/mol. The van der Waals surface area contributed by atoms with Gasteiger partial charge in [0.25, 0.3) is 5.91 Å². The van der Waals surface area contributed by atoms with E-state index in [1.807, 2.05) is 21.0 Å². The van der Waals surface area contributed by atoms with Crippen LogP contribution in [0.4, 0.5) is 0 Å². The second-order valence-corrected chi connectivity index (χ2v) is 2.65. The highest BCUT2D eigenvalue weighted by molar-refractivity contribution is 5.91. The van der Waals surface area contributed by atoms with Crippen molar-refractivity contribution in [2.75, 3.05) is 20.6 Å². The quantitative estimate of drug-likeness (QED) is 0.497. The molecule has 0 heterocycles. The molecule has 0 spiro atoms. The number of halogens is 1. The van der Waals surface area contributed by atoms with Gasteiger partial charge >= 0.3 is 0 Å². The lowest BCUT2D eigenvalue weighted by Crippen LogP contribution is -2.41. The van der Waals surface area contributed by atoms with Gasteiger partial charge in [-0.15, -0.1) is 12.4 Å². The maximum absolute atomic E-state index is 11.3. The lowest BCUT2D eigenvalue weighted by atomic mass is 10.3. The van der Waals surface area contributed by atoms with Gasteiger partial charge in [-0.2, -0.15) is 0 Å². The van der Waals surface area contributed by atoms with E-state index in [9.17, 15) is 4.79 Å². The summed E-state index contributed by atoms with van der Waals surface area (Å²) in [5, 5.41) is 3.39. The van der Waals surface area contributed by atoms with Crippen LogP contribution in [0.1, 0.15) is 13.8 Å². The summed E-state index contributed by atoms with van der Waals surface area (Å²) in [4.78, 5) is 11.3. The molecule has 0 aliphatic carbocycles. The lowest BCUT2D eigenvalue weighted by molar-refractivity contribution is -0.139. The Labute approximate surface area is 80.4 Å². The normalized spacial score (nSPS) is 9.08. The zero-order chi connectivity index (χ0) is 9.02. The third-order valence-electron chi connectivity index (χ3n) is 1.38. The number of carbonyl (C=O) groups excluding carboxylic acids is 1. The van der Waals surface area contributed by atoms with E-state index in [0.29, 0.717) is 12.1 Å². The van der Waals surface area contributed by atoms with E-state index in [-0.39, 0.29) is 18.3 Å². The SMILES string of the molecule is C=C(C)C(=O)N(CC)N(C)C.Cl. The third-order valence-corrected chi connectivity index (χ3v) is 1.38. The summed E-state index contributed by atoms with van der Waals surface area (Å²) >= 11 is 0. The highest BCUT2D eigenvalue weighted by Gasteiger charge is 2.12. The van der Waals surface area contributed by atoms with E-state index in [1.54, 1.807) is 16.9 Å². The Kier molecular flexibility index (Phi) is 7.04. The summed E-state index contributed by atoms with van der Waals surface area (Å²) in [6.45, 7) is 7.92. The highest BCUT2D eigenvalue weighted by Crippen LogP contribution is 1.99. The Morgan fingerprint density at radius 2 is 1.83 bits per heavy atom. The number of likely N-dealkylation sites (N-methyl/N-ethyl adjacent to an activating group) is 1. The summed E-state index contributed by atoms with van der Waals surface area (Å²) in [5.41, 5.74) is 0.570. The van der Waals surface area contributed by atoms with Gasteiger partial charge in [-0.05, 0) is 13.8 Å². The van der Waals surface area contributed by atoms with Gasteiger partial charge in [-0.3, -0.25) is 9.80 Å². The molecule has 0 aromatic heterocycles. The van der Waals surface area contributed by atoms with Crippen LogP contribution in [0.15, 0.2) is 12.2 Å². The molecule has 0 unspecified atom stereocenters. The van der Waals surface area contributed by atoms with Crippen LogP contribution < -0.4 is 0 Å². The van der Waals surface area contributed by atoms with Crippen molar-refractivity contribution in [1.82, 2.24) is 10.0 Å². The summed E-state index contributed by atoms with van der Waals surface area (Å²) in [6.07, 6.45) is 0. The van der Waals surface area contributed by atoms with Gasteiger partial charge in [0.2, 0.25) is 0 Å². The summed E-state index contributed by atoms with van der Waals surface area (Å²) in [7, 11) is 3.68. The number of rotatable bonds is 3. The van der Waals surface area contributed by atoms with Crippen molar-refractivity contribution in [1.29, 1.82) is 0 Å². The highest BCUT2D eigenvalue weighted by atomic mass is 35.5. The molecule has 0 aliphatic rings. The van der Waals surface area contributed by atoms with E-state index in [1.165, 1.54) is 0 Å². The Hall–Kier alpha value is -0.540. The van der Waals surface area contributed by atoms with Gasteiger partial charge in [-0.25, -0.2) is 5.01 Å². The van der Waals surface area contributed by atoms with Crippen molar-refractivity contribution in [3.05, 3.63) is 12.2 Å². The first-order chi connectivity index (χ1) is 5.00. The Morgan fingerprint density at radius 1 is 1.42 bits per heavy atom. The van der Waals surface area contributed by atoms with Crippen LogP contribution in [-0.4, -0.2) is 36.6 Å². The molecule has 3 nitrogen and oxygen atoms in total. The number of hydrogen-bond acceptors (Lipinski definition) is 2. The van der Waals surface area contributed by atoms with Gasteiger partial charge in [0.1, 0.15) is 0 Å². The molecule has 0 atom stereocenters. The second-order valence-electron chi connectivity index (χ2n) is 2.65. The molecule has 0 bridgehead atoms. The maximum Gasteiger partial charge on any atom is 0.263 e. The summed E-state index contributed by atoms with van der Waals surface area (Å²) in [6, 6.07) is 0. The number of hydrazine groups is 1. The van der Waals surface area contributed by atoms with Gasteiger partial charge in [0.15, 0.2) is 0 Å². The molecule has 0 fully saturated rings. The second kappa shape index (κ2) is 6.03. The van der Waals surface area contributed by atoms with Crippen molar-refractivity contribution in [3.8, 4) is 0 Å². The fourth-order valence-electron chi connectivity index (χ4n) is 0.828. The molecule has 0 saturated heterocycles. The molecule has 72 valence electrons. The first-order valence-electron chi connectivity index (χ1n) is 3.65. The topological polar surface area (TPSA) is 23.6 Å². The van der Waals surface area contributed by atoms with Crippen LogP contribution in [0.3, 0.4) is 0 Å². The van der Waals surface area contributed by atoms with Crippen LogP contribution in [-0.2, 0) is 4.79 Å². The molecule has 0 aromatic rings. The maximum atomic E-state index is 11.3.